The molecule has 1 saturated carbocycles. The normalized spacial score (nSPS) is 21.9. The van der Waals surface area contributed by atoms with Gasteiger partial charge in [0.15, 0.2) is 0 Å². The zero-order valence-electron chi connectivity index (χ0n) is 20.0. The highest BCUT2D eigenvalue weighted by Gasteiger charge is 2.52. The van der Waals surface area contributed by atoms with Gasteiger partial charge in [-0.25, -0.2) is 4.79 Å². The summed E-state index contributed by atoms with van der Waals surface area (Å²) in [7, 11) is 1.57. The van der Waals surface area contributed by atoms with Gasteiger partial charge in [0, 0.05) is 19.2 Å². The quantitative estimate of drug-likeness (QED) is 0.497. The first kappa shape index (κ1) is 24.5. The van der Waals surface area contributed by atoms with Crippen LogP contribution in [0.25, 0.3) is 0 Å². The molecule has 1 aromatic heterocycles. The van der Waals surface area contributed by atoms with Crippen molar-refractivity contribution >= 4 is 23.8 Å². The van der Waals surface area contributed by atoms with Crippen molar-refractivity contribution in [1.82, 2.24) is 26.0 Å². The van der Waals surface area contributed by atoms with Gasteiger partial charge in [0.05, 0.1) is 19.4 Å². The number of nitrogens with zero attached hydrogens (tertiary/aromatic N) is 2. The molecule has 0 unspecified atom stereocenters. The Morgan fingerprint density at radius 3 is 2.49 bits per heavy atom. The van der Waals surface area contributed by atoms with Crippen LogP contribution in [0.5, 0.6) is 0 Å². The molecule has 186 valence electrons. The summed E-state index contributed by atoms with van der Waals surface area (Å²) < 4.78 is 5.44. The molecular formula is C25H31N5O5. The minimum absolute atomic E-state index is 0.0704. The first-order valence-electron chi connectivity index (χ1n) is 11.8. The largest absolute Gasteiger partial charge is 0.468 e. The van der Waals surface area contributed by atoms with Gasteiger partial charge in [0.25, 0.3) is 17.7 Å². The number of hydrazine groups is 1. The number of carbonyl (C=O) groups is 4. The van der Waals surface area contributed by atoms with Gasteiger partial charge in [-0.3, -0.25) is 24.7 Å². The van der Waals surface area contributed by atoms with Crippen LogP contribution >= 0.6 is 0 Å². The number of urea groups is 1. The first-order chi connectivity index (χ1) is 16.8. The van der Waals surface area contributed by atoms with E-state index in [1.165, 1.54) is 0 Å². The summed E-state index contributed by atoms with van der Waals surface area (Å²) in [6.07, 6.45) is 4.40. The average Bonchev–Trinajstić information content (AvgIpc) is 3.43. The monoisotopic (exact) mass is 481 g/mol. The number of carbonyl (C=O) groups excluding carboxylic acids is 4. The number of hydrogen-bond donors (Lipinski definition) is 3. The van der Waals surface area contributed by atoms with Crippen molar-refractivity contribution in [3.63, 3.8) is 0 Å². The minimum atomic E-state index is -0.919. The third kappa shape index (κ3) is 5.54. The van der Waals surface area contributed by atoms with E-state index in [9.17, 15) is 19.2 Å². The summed E-state index contributed by atoms with van der Waals surface area (Å²) in [6.45, 7) is 2.80. The molecule has 10 nitrogen and oxygen atoms in total. The van der Waals surface area contributed by atoms with Gasteiger partial charge in [0.1, 0.15) is 11.3 Å². The van der Waals surface area contributed by atoms with Gasteiger partial charge < -0.3 is 15.1 Å². The fourth-order valence-electron chi connectivity index (χ4n) is 4.63. The second-order valence-electron chi connectivity index (χ2n) is 9.37. The molecule has 2 aromatic rings. The van der Waals surface area contributed by atoms with E-state index in [4.69, 9.17) is 4.42 Å². The smallest absolute Gasteiger partial charge is 0.344 e. The van der Waals surface area contributed by atoms with Crippen LogP contribution in [0.15, 0.2) is 47.1 Å². The predicted molar refractivity (Wildman–Crippen MR) is 127 cm³/mol. The molecular weight excluding hydrogens is 450 g/mol. The third-order valence-corrected chi connectivity index (χ3v) is 6.70. The molecule has 10 heteroatoms. The van der Waals surface area contributed by atoms with Crippen molar-refractivity contribution in [2.75, 3.05) is 13.6 Å². The van der Waals surface area contributed by atoms with Crippen molar-refractivity contribution in [1.29, 1.82) is 0 Å². The number of imide groups is 1. The zero-order valence-corrected chi connectivity index (χ0v) is 20.0. The Hall–Kier alpha value is -3.66. The Morgan fingerprint density at radius 2 is 1.86 bits per heavy atom. The highest BCUT2D eigenvalue weighted by atomic mass is 16.3. The van der Waals surface area contributed by atoms with Gasteiger partial charge in [-0.2, -0.15) is 5.01 Å². The molecule has 5 amide bonds. The Labute approximate surface area is 204 Å². The van der Waals surface area contributed by atoms with Crippen molar-refractivity contribution in [3.8, 4) is 0 Å². The number of rotatable bonds is 8. The lowest BCUT2D eigenvalue weighted by molar-refractivity contribution is -0.140. The molecule has 3 N–H and O–H groups in total. The van der Waals surface area contributed by atoms with Gasteiger partial charge in [0.2, 0.25) is 0 Å². The van der Waals surface area contributed by atoms with Crippen molar-refractivity contribution in [2.24, 2.45) is 5.92 Å². The van der Waals surface area contributed by atoms with E-state index in [0.717, 1.165) is 23.4 Å². The van der Waals surface area contributed by atoms with E-state index in [1.54, 1.807) is 31.5 Å². The fourth-order valence-corrected chi connectivity index (χ4v) is 4.63. The maximum absolute atomic E-state index is 13.0. The maximum Gasteiger partial charge on any atom is 0.344 e. The van der Waals surface area contributed by atoms with Crippen molar-refractivity contribution in [2.45, 2.75) is 51.2 Å². The van der Waals surface area contributed by atoms with Crippen LogP contribution in [0.3, 0.4) is 0 Å². The molecule has 0 bridgehead atoms. The van der Waals surface area contributed by atoms with Gasteiger partial charge in [-0.1, -0.05) is 19.1 Å². The second-order valence-corrected chi connectivity index (χ2v) is 9.37. The van der Waals surface area contributed by atoms with Gasteiger partial charge >= 0.3 is 6.03 Å². The minimum Gasteiger partial charge on any atom is -0.468 e. The molecule has 0 radical (unpaired) electrons. The van der Waals surface area contributed by atoms with E-state index in [-0.39, 0.29) is 12.5 Å². The van der Waals surface area contributed by atoms with Crippen LogP contribution in [0.4, 0.5) is 4.79 Å². The van der Waals surface area contributed by atoms with E-state index in [0.29, 0.717) is 43.2 Å². The van der Waals surface area contributed by atoms with Crippen LogP contribution in [0, 0.1) is 5.92 Å². The number of benzene rings is 1. The summed E-state index contributed by atoms with van der Waals surface area (Å²) in [6, 6.07) is 10.1. The van der Waals surface area contributed by atoms with Crippen LogP contribution in [-0.2, 0) is 22.7 Å². The lowest BCUT2D eigenvalue weighted by atomic mass is 9.77. The fraction of sp³-hybridized carbons (Fsp3) is 0.440. The average molecular weight is 482 g/mol. The Balaban J connectivity index is 1.42. The molecule has 4 rings (SSSR count). The van der Waals surface area contributed by atoms with E-state index in [2.05, 4.69) is 23.0 Å². The summed E-state index contributed by atoms with van der Waals surface area (Å²) in [5, 5.41) is 6.21. The molecule has 2 heterocycles. The molecule has 1 aromatic carbocycles. The highest BCUT2D eigenvalue weighted by Crippen LogP contribution is 2.35. The molecule has 1 aliphatic carbocycles. The lowest BCUT2D eigenvalue weighted by Crippen LogP contribution is -2.52. The van der Waals surface area contributed by atoms with Gasteiger partial charge in [-0.05, 0) is 61.4 Å². The zero-order chi connectivity index (χ0) is 25.0. The molecule has 0 atom stereocenters. The molecule has 2 fully saturated rings. The summed E-state index contributed by atoms with van der Waals surface area (Å²) >= 11 is 0. The summed E-state index contributed by atoms with van der Waals surface area (Å²) in [5.74, 6) is 0.120. The van der Waals surface area contributed by atoms with Crippen molar-refractivity contribution in [3.05, 3.63) is 59.5 Å². The van der Waals surface area contributed by atoms with Crippen molar-refractivity contribution < 1.29 is 23.6 Å². The molecule has 1 aliphatic heterocycles. The number of furan rings is 1. The van der Waals surface area contributed by atoms with Crippen LogP contribution in [0.1, 0.15) is 54.3 Å². The van der Waals surface area contributed by atoms with Gasteiger partial charge in [-0.15, -0.1) is 0 Å². The number of nitrogens with one attached hydrogen (secondary N) is 3. The first-order valence-corrected chi connectivity index (χ1v) is 11.8. The third-order valence-electron chi connectivity index (χ3n) is 6.70. The SMILES string of the molecule is CNC(=O)c1ccc(CN(CC(=O)NN2C(=O)NC3(CCC(C)CC3)C2=O)Cc2ccco2)cc1. The topological polar surface area (TPSA) is 124 Å². The predicted octanol–water partition coefficient (Wildman–Crippen LogP) is 2.17. The van der Waals surface area contributed by atoms with E-state index < -0.39 is 23.4 Å². The Bertz CT molecular complexity index is 1070. The molecule has 1 saturated heterocycles. The Morgan fingerprint density at radius 1 is 1.14 bits per heavy atom. The molecule has 1 spiro atoms. The second kappa shape index (κ2) is 10.3. The maximum atomic E-state index is 13.0. The number of amides is 5. The standard InChI is InChI=1S/C25H31N5O5/c1-17-9-11-25(12-10-17)23(33)30(24(34)27-25)28-21(31)16-29(15-20-4-3-13-35-20)14-18-5-7-19(8-6-18)22(32)26-2/h3-8,13,17H,9-12,14-16H2,1-2H3,(H,26,32)(H,27,34)(H,28,31). The molecule has 2 aliphatic rings. The van der Waals surface area contributed by atoms with E-state index in [1.807, 2.05) is 23.1 Å². The van der Waals surface area contributed by atoms with Crippen LogP contribution < -0.4 is 16.1 Å². The van der Waals surface area contributed by atoms with E-state index >= 15 is 0 Å². The van der Waals surface area contributed by atoms with Crippen LogP contribution in [-0.4, -0.2) is 52.8 Å². The summed E-state index contributed by atoms with van der Waals surface area (Å²) in [4.78, 5) is 52.1. The Kier molecular flexibility index (Phi) is 7.20. The lowest BCUT2D eigenvalue weighted by Gasteiger charge is -2.33. The molecule has 35 heavy (non-hydrogen) atoms. The van der Waals surface area contributed by atoms with Crippen LogP contribution in [0.2, 0.25) is 0 Å². The highest BCUT2D eigenvalue weighted by molar-refractivity contribution is 6.08. The number of hydrogen-bond acceptors (Lipinski definition) is 6. The summed E-state index contributed by atoms with van der Waals surface area (Å²) in [5.41, 5.74) is 3.01.